The number of sulfone groups is 1. The van der Waals surface area contributed by atoms with Gasteiger partial charge in [0.15, 0.2) is 9.84 Å². The van der Waals surface area contributed by atoms with Crippen LogP contribution in [0.4, 0.5) is 0 Å². The molecule has 3 aromatic rings. The fraction of sp³-hybridized carbons (Fsp3) is 0.261. The Hall–Kier alpha value is -2.22. The number of carbonyl (C=O) groups excluding carboxylic acids is 1. The van der Waals surface area contributed by atoms with E-state index < -0.39 is 9.84 Å². The third-order valence-corrected chi connectivity index (χ3v) is 8.32. The molecule has 0 bridgehead atoms. The second-order valence-corrected chi connectivity index (χ2v) is 11.2. The van der Waals surface area contributed by atoms with E-state index in [1.54, 1.807) is 47.2 Å². The van der Waals surface area contributed by atoms with E-state index in [0.717, 1.165) is 16.2 Å². The highest BCUT2D eigenvalue weighted by Crippen LogP contribution is 2.26. The van der Waals surface area contributed by atoms with Crippen molar-refractivity contribution in [2.75, 3.05) is 11.5 Å². The van der Waals surface area contributed by atoms with E-state index in [2.05, 4.69) is 0 Å². The average molecular weight is 476 g/mol. The SMILES string of the molecule is O=C(c1ccc(CSc2ccc(Cl)cc2)cc1)N(Cc1ccco1)[C@H]1CCS(=O)(=O)C1. The summed E-state index contributed by atoms with van der Waals surface area (Å²) in [6.07, 6.45) is 2.00. The van der Waals surface area contributed by atoms with Gasteiger partial charge in [-0.25, -0.2) is 8.42 Å². The van der Waals surface area contributed by atoms with Crippen LogP contribution in [-0.4, -0.2) is 36.8 Å². The topological polar surface area (TPSA) is 67.6 Å². The molecule has 2 aromatic carbocycles. The minimum Gasteiger partial charge on any atom is -0.467 e. The summed E-state index contributed by atoms with van der Waals surface area (Å²) >= 11 is 7.62. The van der Waals surface area contributed by atoms with Gasteiger partial charge in [-0.05, 0) is 60.5 Å². The predicted octanol–water partition coefficient (Wildman–Crippen LogP) is 5.05. The molecule has 8 heteroatoms. The van der Waals surface area contributed by atoms with Crippen molar-refractivity contribution >= 4 is 39.1 Å². The molecular formula is C23H22ClNO4S2. The van der Waals surface area contributed by atoms with Gasteiger partial charge in [0.1, 0.15) is 5.76 Å². The lowest BCUT2D eigenvalue weighted by Crippen LogP contribution is -2.40. The molecule has 0 spiro atoms. The second kappa shape index (κ2) is 9.51. The van der Waals surface area contributed by atoms with Crippen LogP contribution in [0.1, 0.15) is 28.1 Å². The molecule has 31 heavy (non-hydrogen) atoms. The Morgan fingerprint density at radius 3 is 2.45 bits per heavy atom. The first-order valence-electron chi connectivity index (χ1n) is 9.91. The molecule has 2 heterocycles. The van der Waals surface area contributed by atoms with Gasteiger partial charge in [0.25, 0.3) is 5.91 Å². The molecule has 0 saturated carbocycles. The zero-order valence-corrected chi connectivity index (χ0v) is 19.1. The molecule has 4 rings (SSSR count). The van der Waals surface area contributed by atoms with Crippen molar-refractivity contribution in [2.24, 2.45) is 0 Å². The van der Waals surface area contributed by atoms with Crippen molar-refractivity contribution in [2.45, 2.75) is 29.7 Å². The number of amides is 1. The van der Waals surface area contributed by atoms with Crippen molar-refractivity contribution in [3.8, 4) is 0 Å². The van der Waals surface area contributed by atoms with E-state index >= 15 is 0 Å². The first-order valence-corrected chi connectivity index (χ1v) is 13.1. The first-order chi connectivity index (χ1) is 14.9. The van der Waals surface area contributed by atoms with Gasteiger partial charge in [0.05, 0.1) is 24.3 Å². The van der Waals surface area contributed by atoms with Gasteiger partial charge in [-0.1, -0.05) is 23.7 Å². The van der Waals surface area contributed by atoms with E-state index in [1.807, 2.05) is 36.4 Å². The van der Waals surface area contributed by atoms with Gasteiger partial charge in [-0.2, -0.15) is 0 Å². The third kappa shape index (κ3) is 5.73. The van der Waals surface area contributed by atoms with Crippen LogP contribution < -0.4 is 0 Å². The van der Waals surface area contributed by atoms with Gasteiger partial charge in [0, 0.05) is 27.3 Å². The number of hydrogen-bond donors (Lipinski definition) is 0. The van der Waals surface area contributed by atoms with E-state index in [4.69, 9.17) is 16.0 Å². The minimum absolute atomic E-state index is 0.00470. The maximum Gasteiger partial charge on any atom is 0.254 e. The normalized spacial score (nSPS) is 17.5. The Morgan fingerprint density at radius 1 is 1.10 bits per heavy atom. The molecule has 1 amide bonds. The van der Waals surface area contributed by atoms with Crippen LogP contribution in [0, 0.1) is 0 Å². The summed E-state index contributed by atoms with van der Waals surface area (Å²) in [5, 5.41) is 0.710. The van der Waals surface area contributed by atoms with Gasteiger partial charge in [0.2, 0.25) is 0 Å². The van der Waals surface area contributed by atoms with Crippen LogP contribution in [0.5, 0.6) is 0 Å². The van der Waals surface area contributed by atoms with Crippen molar-refractivity contribution < 1.29 is 17.6 Å². The molecule has 0 unspecified atom stereocenters. The Bertz CT molecular complexity index is 1130. The molecule has 1 aliphatic heterocycles. The molecule has 1 aliphatic rings. The van der Waals surface area contributed by atoms with Gasteiger partial charge in [-0.3, -0.25) is 4.79 Å². The molecule has 162 valence electrons. The molecule has 1 saturated heterocycles. The van der Waals surface area contributed by atoms with Crippen LogP contribution in [0.25, 0.3) is 0 Å². The fourth-order valence-corrected chi connectivity index (χ4v) is 6.28. The summed E-state index contributed by atoms with van der Waals surface area (Å²) in [6, 6.07) is 18.4. The summed E-state index contributed by atoms with van der Waals surface area (Å²) < 4.78 is 29.4. The molecule has 0 radical (unpaired) electrons. The molecule has 1 fully saturated rings. The van der Waals surface area contributed by atoms with Crippen molar-refractivity contribution in [3.05, 3.63) is 88.8 Å². The Labute approximate surface area is 191 Å². The number of nitrogens with zero attached hydrogens (tertiary/aromatic N) is 1. The predicted molar refractivity (Wildman–Crippen MR) is 123 cm³/mol. The van der Waals surface area contributed by atoms with Gasteiger partial charge in [-0.15, -0.1) is 11.8 Å². The van der Waals surface area contributed by atoms with E-state index in [0.29, 0.717) is 22.8 Å². The van der Waals surface area contributed by atoms with E-state index in [-0.39, 0.29) is 30.0 Å². The maximum atomic E-state index is 13.3. The lowest BCUT2D eigenvalue weighted by Gasteiger charge is -2.27. The van der Waals surface area contributed by atoms with Crippen molar-refractivity contribution in [1.82, 2.24) is 4.90 Å². The third-order valence-electron chi connectivity index (χ3n) is 5.24. The summed E-state index contributed by atoms with van der Waals surface area (Å²) in [6.45, 7) is 0.250. The summed E-state index contributed by atoms with van der Waals surface area (Å²) in [4.78, 5) is 16.0. The number of furan rings is 1. The van der Waals surface area contributed by atoms with Crippen LogP contribution in [0.3, 0.4) is 0 Å². The van der Waals surface area contributed by atoms with Crippen molar-refractivity contribution in [3.63, 3.8) is 0 Å². The zero-order chi connectivity index (χ0) is 21.8. The first kappa shape index (κ1) is 22.0. The van der Waals surface area contributed by atoms with Crippen LogP contribution in [0.15, 0.2) is 76.2 Å². The highest BCUT2D eigenvalue weighted by molar-refractivity contribution is 7.98. The van der Waals surface area contributed by atoms with Crippen LogP contribution in [0.2, 0.25) is 5.02 Å². The maximum absolute atomic E-state index is 13.3. The average Bonchev–Trinajstić information content (AvgIpc) is 3.40. The van der Waals surface area contributed by atoms with E-state index in [1.165, 1.54) is 0 Å². The molecule has 1 aromatic heterocycles. The number of halogens is 1. The number of carbonyl (C=O) groups is 1. The number of hydrogen-bond acceptors (Lipinski definition) is 5. The van der Waals surface area contributed by atoms with Crippen molar-refractivity contribution in [1.29, 1.82) is 0 Å². The Morgan fingerprint density at radius 2 is 1.84 bits per heavy atom. The van der Waals surface area contributed by atoms with Gasteiger partial charge >= 0.3 is 0 Å². The fourth-order valence-electron chi connectivity index (χ4n) is 3.57. The van der Waals surface area contributed by atoms with Gasteiger partial charge < -0.3 is 9.32 Å². The zero-order valence-electron chi connectivity index (χ0n) is 16.7. The largest absolute Gasteiger partial charge is 0.467 e. The lowest BCUT2D eigenvalue weighted by atomic mass is 10.1. The minimum atomic E-state index is -3.11. The van der Waals surface area contributed by atoms with E-state index in [9.17, 15) is 13.2 Å². The summed E-state index contributed by atoms with van der Waals surface area (Å²) in [7, 11) is -3.11. The molecule has 0 aliphatic carbocycles. The monoisotopic (exact) mass is 475 g/mol. The molecule has 5 nitrogen and oxygen atoms in total. The quantitative estimate of drug-likeness (QED) is 0.447. The standard InChI is InChI=1S/C23H22ClNO4S2/c24-19-7-9-22(10-8-19)30-15-17-3-5-18(6-4-17)23(26)25(14-21-2-1-12-29-21)20-11-13-31(27,28)16-20/h1-10,12,20H,11,13-16H2/t20-/m0/s1. The van der Waals surface area contributed by atoms with Crippen LogP contribution >= 0.6 is 23.4 Å². The van der Waals surface area contributed by atoms with Crippen LogP contribution in [-0.2, 0) is 22.1 Å². The highest BCUT2D eigenvalue weighted by Gasteiger charge is 2.35. The number of benzene rings is 2. The lowest BCUT2D eigenvalue weighted by molar-refractivity contribution is 0.0666. The molecule has 1 atom stereocenters. The number of rotatable bonds is 7. The Balaban J connectivity index is 1.46. The molecule has 0 N–H and O–H groups in total. The number of thioether (sulfide) groups is 1. The molecular weight excluding hydrogens is 454 g/mol. The second-order valence-electron chi connectivity index (χ2n) is 7.51. The highest BCUT2D eigenvalue weighted by atomic mass is 35.5. The summed E-state index contributed by atoms with van der Waals surface area (Å²) in [5.41, 5.74) is 1.63. The Kier molecular flexibility index (Phi) is 6.74. The summed E-state index contributed by atoms with van der Waals surface area (Å²) in [5.74, 6) is 1.33. The smallest absolute Gasteiger partial charge is 0.254 e.